The van der Waals surface area contributed by atoms with Gasteiger partial charge in [-0.25, -0.2) is 0 Å². The third kappa shape index (κ3) is 2.98. The minimum atomic E-state index is -0.997. The molecule has 26 heavy (non-hydrogen) atoms. The first kappa shape index (κ1) is 18.3. The van der Waals surface area contributed by atoms with Crippen LogP contribution in [0.1, 0.15) is 30.7 Å². The Hall–Kier alpha value is -1.05. The molecular weight excluding hydrogens is 379 g/mol. The van der Waals surface area contributed by atoms with Crippen LogP contribution in [0, 0.1) is 0 Å². The van der Waals surface area contributed by atoms with Crippen molar-refractivity contribution in [2.75, 3.05) is 26.2 Å². The van der Waals surface area contributed by atoms with Gasteiger partial charge in [0.25, 0.3) is 0 Å². The van der Waals surface area contributed by atoms with E-state index >= 15 is 0 Å². The van der Waals surface area contributed by atoms with Crippen LogP contribution in [-0.2, 0) is 4.79 Å². The lowest BCUT2D eigenvalue weighted by atomic mass is 9.75. The van der Waals surface area contributed by atoms with E-state index < -0.39 is 5.60 Å². The number of hydrogen-bond donors (Lipinski definition) is 3. The number of piperazine rings is 1. The van der Waals surface area contributed by atoms with Crippen molar-refractivity contribution >= 4 is 29.1 Å². The molecule has 4 rings (SSSR count). The van der Waals surface area contributed by atoms with Crippen molar-refractivity contribution in [1.82, 2.24) is 9.80 Å². The van der Waals surface area contributed by atoms with E-state index in [2.05, 4.69) is 4.90 Å². The molecule has 2 heterocycles. The van der Waals surface area contributed by atoms with E-state index in [4.69, 9.17) is 23.2 Å². The number of benzene rings is 1. The molecule has 0 unspecified atom stereocenters. The molecule has 3 fully saturated rings. The minimum Gasteiger partial charge on any atom is -0.508 e. The summed E-state index contributed by atoms with van der Waals surface area (Å²) in [6.07, 6.45) is 1.70. The van der Waals surface area contributed by atoms with Gasteiger partial charge in [0.2, 0.25) is 5.91 Å². The van der Waals surface area contributed by atoms with E-state index in [0.29, 0.717) is 48.0 Å². The maximum atomic E-state index is 12.6. The Kier molecular flexibility index (Phi) is 4.60. The lowest BCUT2D eigenvalue weighted by Crippen LogP contribution is -2.63. The summed E-state index contributed by atoms with van der Waals surface area (Å²) in [5, 5.41) is 30.2. The molecule has 6 nitrogen and oxygen atoms in total. The van der Waals surface area contributed by atoms with Crippen LogP contribution in [0.3, 0.4) is 0 Å². The van der Waals surface area contributed by atoms with Crippen LogP contribution >= 0.6 is 23.2 Å². The summed E-state index contributed by atoms with van der Waals surface area (Å²) < 4.78 is 0. The van der Waals surface area contributed by atoms with Crippen LogP contribution < -0.4 is 0 Å². The van der Waals surface area contributed by atoms with E-state index in [9.17, 15) is 20.1 Å². The fourth-order valence-corrected chi connectivity index (χ4v) is 5.11. The quantitative estimate of drug-likeness (QED) is 0.717. The molecule has 1 aromatic rings. The van der Waals surface area contributed by atoms with Crippen LogP contribution in [0.25, 0.3) is 0 Å². The highest BCUT2D eigenvalue weighted by atomic mass is 35.5. The van der Waals surface area contributed by atoms with Gasteiger partial charge in [-0.3, -0.25) is 9.69 Å². The normalized spacial score (nSPS) is 34.7. The third-order valence-corrected chi connectivity index (χ3v) is 6.90. The van der Waals surface area contributed by atoms with Crippen LogP contribution in [0.2, 0.25) is 10.0 Å². The number of amides is 1. The number of hydrogen-bond acceptors (Lipinski definition) is 5. The summed E-state index contributed by atoms with van der Waals surface area (Å²) in [6, 6.07) is 3.29. The molecule has 2 aliphatic heterocycles. The summed E-state index contributed by atoms with van der Waals surface area (Å²) in [5.74, 6) is 0.118. The van der Waals surface area contributed by atoms with Crippen molar-refractivity contribution in [3.63, 3.8) is 0 Å². The number of nitrogens with zero attached hydrogens (tertiary/aromatic N) is 2. The van der Waals surface area contributed by atoms with Gasteiger partial charge in [-0.05, 0) is 31.4 Å². The molecule has 0 radical (unpaired) electrons. The summed E-state index contributed by atoms with van der Waals surface area (Å²) in [6.45, 7) is 1.34. The topological polar surface area (TPSA) is 84.2 Å². The Bertz CT molecular complexity index is 738. The third-order valence-electron chi connectivity index (χ3n) is 6.08. The fraction of sp³-hybridized carbons (Fsp3) is 0.611. The van der Waals surface area contributed by atoms with Gasteiger partial charge in [-0.1, -0.05) is 23.2 Å². The van der Waals surface area contributed by atoms with Crippen LogP contribution in [0.4, 0.5) is 0 Å². The second kappa shape index (κ2) is 6.53. The smallest absolute Gasteiger partial charge is 0.237 e. The molecule has 3 aliphatic rings. The average Bonchev–Trinajstić information content (AvgIpc) is 3.00. The summed E-state index contributed by atoms with van der Waals surface area (Å²) >= 11 is 12.4. The number of aliphatic hydroxyl groups is 2. The second-order valence-electron chi connectivity index (χ2n) is 7.80. The van der Waals surface area contributed by atoms with E-state index in [1.807, 2.05) is 4.90 Å². The van der Waals surface area contributed by atoms with E-state index in [0.717, 1.165) is 6.54 Å². The number of fused-ring (bicyclic) bond motifs is 1. The van der Waals surface area contributed by atoms with Crippen LogP contribution in [-0.4, -0.2) is 75.0 Å². The SMILES string of the molecule is O=C1CN([C@H]2C[C@@](O)(CO)C2)C[C@@H]2C[C@H](c3c(O)ccc(Cl)c3Cl)CN12. The molecule has 3 N–H and O–H groups in total. The summed E-state index contributed by atoms with van der Waals surface area (Å²) in [4.78, 5) is 16.6. The molecule has 0 bridgehead atoms. The Morgan fingerprint density at radius 3 is 2.62 bits per heavy atom. The van der Waals surface area contributed by atoms with E-state index in [1.165, 1.54) is 0 Å². The standard InChI is InChI=1S/C18H22Cl2N2O4/c19-13-1-2-14(24)16(17(13)20)10-3-11-7-21(8-15(25)22(11)6-10)12-4-18(26,5-12)9-23/h1-2,10-12,23-24,26H,3-9H2/t10-,11-,12-,18-/m0/s1. The Balaban J connectivity index is 1.49. The van der Waals surface area contributed by atoms with E-state index in [1.54, 1.807) is 12.1 Å². The van der Waals surface area contributed by atoms with Crippen LogP contribution in [0.5, 0.6) is 5.75 Å². The van der Waals surface area contributed by atoms with Gasteiger partial charge in [-0.15, -0.1) is 0 Å². The molecule has 1 saturated carbocycles. The second-order valence-corrected chi connectivity index (χ2v) is 8.59. The highest BCUT2D eigenvalue weighted by Gasteiger charge is 2.49. The number of carbonyl (C=O) groups excluding carboxylic acids is 1. The molecule has 2 saturated heterocycles. The van der Waals surface area contributed by atoms with Gasteiger partial charge in [0.1, 0.15) is 5.75 Å². The van der Waals surface area contributed by atoms with Gasteiger partial charge in [-0.2, -0.15) is 0 Å². The number of halogens is 2. The molecule has 0 aromatic heterocycles. The number of aliphatic hydroxyl groups excluding tert-OH is 1. The maximum Gasteiger partial charge on any atom is 0.237 e. The molecule has 1 aromatic carbocycles. The van der Waals surface area contributed by atoms with Gasteiger partial charge < -0.3 is 20.2 Å². The lowest BCUT2D eigenvalue weighted by molar-refractivity contribution is -0.151. The first-order valence-electron chi connectivity index (χ1n) is 8.85. The largest absolute Gasteiger partial charge is 0.508 e. The summed E-state index contributed by atoms with van der Waals surface area (Å²) in [5.41, 5.74) is -0.380. The maximum absolute atomic E-state index is 12.6. The monoisotopic (exact) mass is 400 g/mol. The van der Waals surface area contributed by atoms with Crippen molar-refractivity contribution in [3.05, 3.63) is 27.7 Å². The lowest BCUT2D eigenvalue weighted by Gasteiger charge is -2.50. The molecule has 1 amide bonds. The highest BCUT2D eigenvalue weighted by molar-refractivity contribution is 6.42. The molecule has 142 valence electrons. The van der Waals surface area contributed by atoms with Crippen molar-refractivity contribution in [1.29, 1.82) is 0 Å². The van der Waals surface area contributed by atoms with Gasteiger partial charge >= 0.3 is 0 Å². The zero-order valence-corrected chi connectivity index (χ0v) is 15.7. The zero-order chi connectivity index (χ0) is 18.6. The predicted molar refractivity (Wildman–Crippen MR) is 97.6 cm³/mol. The minimum absolute atomic E-state index is 0.0501. The Morgan fingerprint density at radius 2 is 1.92 bits per heavy atom. The zero-order valence-electron chi connectivity index (χ0n) is 14.2. The Morgan fingerprint density at radius 1 is 1.19 bits per heavy atom. The van der Waals surface area contributed by atoms with Crippen molar-refractivity contribution in [2.24, 2.45) is 0 Å². The fourth-order valence-electron chi connectivity index (χ4n) is 4.63. The summed E-state index contributed by atoms with van der Waals surface area (Å²) in [7, 11) is 0. The van der Waals surface area contributed by atoms with Crippen LogP contribution in [0.15, 0.2) is 12.1 Å². The highest BCUT2D eigenvalue weighted by Crippen LogP contribution is 2.44. The number of carbonyl (C=O) groups is 1. The molecule has 1 aliphatic carbocycles. The average molecular weight is 401 g/mol. The predicted octanol–water partition coefficient (Wildman–Crippen LogP) is 1.58. The number of rotatable bonds is 3. The molecular formula is C18H22Cl2N2O4. The Labute approximate surface area is 161 Å². The first-order valence-corrected chi connectivity index (χ1v) is 9.60. The molecule has 0 spiro atoms. The van der Waals surface area contributed by atoms with Crippen molar-refractivity contribution in [2.45, 2.75) is 42.9 Å². The number of phenolic OH excluding ortho intramolecular Hbond substituents is 1. The first-order chi connectivity index (χ1) is 12.3. The van der Waals surface area contributed by atoms with E-state index in [-0.39, 0.29) is 36.3 Å². The number of aromatic hydroxyl groups is 1. The van der Waals surface area contributed by atoms with Crippen molar-refractivity contribution < 1.29 is 20.1 Å². The van der Waals surface area contributed by atoms with Gasteiger partial charge in [0, 0.05) is 36.7 Å². The molecule has 8 heteroatoms. The molecule has 2 atom stereocenters. The van der Waals surface area contributed by atoms with Gasteiger partial charge in [0.05, 0.1) is 28.8 Å². The van der Waals surface area contributed by atoms with Crippen molar-refractivity contribution in [3.8, 4) is 5.75 Å². The number of phenols is 1. The van der Waals surface area contributed by atoms with Gasteiger partial charge in [0.15, 0.2) is 0 Å².